The number of carbonyl (C=O) groups is 1. The Morgan fingerprint density at radius 2 is 1.94 bits per heavy atom. The van der Waals surface area contributed by atoms with Gasteiger partial charge in [0.25, 0.3) is 0 Å². The molecular weight excluding hydrogens is 218 g/mol. The van der Waals surface area contributed by atoms with Crippen LogP contribution in [0.5, 0.6) is 0 Å². The molecule has 0 aromatic heterocycles. The molecule has 0 aromatic carbocycles. The minimum absolute atomic E-state index is 0.0959. The third kappa shape index (κ3) is 5.39. The van der Waals surface area contributed by atoms with E-state index in [-0.39, 0.29) is 18.2 Å². The quantitative estimate of drug-likeness (QED) is 0.829. The lowest BCUT2D eigenvalue weighted by molar-refractivity contribution is 0.00277. The highest BCUT2D eigenvalue weighted by Gasteiger charge is 2.28. The van der Waals surface area contributed by atoms with Gasteiger partial charge in [0, 0.05) is 6.61 Å². The number of amides is 1. The minimum atomic E-state index is -0.445. The van der Waals surface area contributed by atoms with E-state index in [9.17, 15) is 4.79 Å². The molecule has 2 unspecified atom stereocenters. The van der Waals surface area contributed by atoms with Crippen LogP contribution in [0.4, 0.5) is 4.79 Å². The van der Waals surface area contributed by atoms with E-state index in [1.54, 1.807) is 0 Å². The zero-order valence-corrected chi connectivity index (χ0v) is 11.4. The summed E-state index contributed by atoms with van der Waals surface area (Å²) in [6, 6.07) is 0.0959. The number of rotatable bonds is 3. The lowest BCUT2D eigenvalue weighted by Crippen LogP contribution is -2.47. The SMILES string of the molecule is CCOC1CCCCC1NC(=O)OC(C)(C)C. The first kappa shape index (κ1) is 14.3. The van der Waals surface area contributed by atoms with Crippen molar-refractivity contribution in [2.75, 3.05) is 6.61 Å². The van der Waals surface area contributed by atoms with Gasteiger partial charge in [0.05, 0.1) is 12.1 Å². The summed E-state index contributed by atoms with van der Waals surface area (Å²) in [6.45, 7) is 8.28. The van der Waals surface area contributed by atoms with E-state index < -0.39 is 5.60 Å². The maximum Gasteiger partial charge on any atom is 0.407 e. The van der Waals surface area contributed by atoms with E-state index >= 15 is 0 Å². The molecule has 100 valence electrons. The zero-order valence-electron chi connectivity index (χ0n) is 11.4. The molecule has 2 atom stereocenters. The van der Waals surface area contributed by atoms with Crippen LogP contribution in [0.15, 0.2) is 0 Å². The van der Waals surface area contributed by atoms with Gasteiger partial charge in [-0.15, -0.1) is 0 Å². The zero-order chi connectivity index (χ0) is 12.9. The van der Waals surface area contributed by atoms with Gasteiger partial charge in [-0.05, 0) is 40.5 Å². The number of nitrogens with one attached hydrogen (secondary N) is 1. The van der Waals surface area contributed by atoms with Crippen LogP contribution in [0, 0.1) is 0 Å². The molecule has 1 aliphatic carbocycles. The van der Waals surface area contributed by atoms with Crippen LogP contribution in [-0.4, -0.2) is 30.4 Å². The Morgan fingerprint density at radius 1 is 1.29 bits per heavy atom. The largest absolute Gasteiger partial charge is 0.444 e. The van der Waals surface area contributed by atoms with Crippen molar-refractivity contribution in [1.82, 2.24) is 5.32 Å². The Labute approximate surface area is 104 Å². The van der Waals surface area contributed by atoms with E-state index in [4.69, 9.17) is 9.47 Å². The molecule has 0 aromatic rings. The number of ether oxygens (including phenoxy) is 2. The Morgan fingerprint density at radius 3 is 2.53 bits per heavy atom. The van der Waals surface area contributed by atoms with Crippen LogP contribution in [0.25, 0.3) is 0 Å². The maximum absolute atomic E-state index is 11.7. The van der Waals surface area contributed by atoms with Gasteiger partial charge in [-0.2, -0.15) is 0 Å². The van der Waals surface area contributed by atoms with Crippen molar-refractivity contribution in [3.63, 3.8) is 0 Å². The van der Waals surface area contributed by atoms with E-state index in [0.717, 1.165) is 19.3 Å². The predicted molar refractivity (Wildman–Crippen MR) is 67.0 cm³/mol. The van der Waals surface area contributed by atoms with Crippen molar-refractivity contribution >= 4 is 6.09 Å². The van der Waals surface area contributed by atoms with Gasteiger partial charge >= 0.3 is 6.09 Å². The second-order valence-electron chi connectivity index (χ2n) is 5.53. The van der Waals surface area contributed by atoms with Gasteiger partial charge in [-0.3, -0.25) is 0 Å². The van der Waals surface area contributed by atoms with Gasteiger partial charge in [0.15, 0.2) is 0 Å². The maximum atomic E-state index is 11.7. The standard InChI is InChI=1S/C13H25NO3/c1-5-16-11-9-7-6-8-10(11)14-12(15)17-13(2,3)4/h10-11H,5-9H2,1-4H3,(H,14,15). The number of hydrogen-bond acceptors (Lipinski definition) is 3. The van der Waals surface area contributed by atoms with Crippen molar-refractivity contribution in [1.29, 1.82) is 0 Å². The second-order valence-corrected chi connectivity index (χ2v) is 5.53. The van der Waals surface area contributed by atoms with E-state index in [2.05, 4.69) is 5.32 Å². The second kappa shape index (κ2) is 6.24. The molecule has 0 radical (unpaired) electrons. The third-order valence-corrected chi connectivity index (χ3v) is 2.79. The molecule has 1 amide bonds. The van der Waals surface area contributed by atoms with Crippen molar-refractivity contribution in [2.45, 2.75) is 71.1 Å². The minimum Gasteiger partial charge on any atom is -0.444 e. The summed E-state index contributed by atoms with van der Waals surface area (Å²) < 4.78 is 10.9. The van der Waals surface area contributed by atoms with E-state index in [1.807, 2.05) is 27.7 Å². The van der Waals surface area contributed by atoms with Crippen LogP contribution >= 0.6 is 0 Å². The monoisotopic (exact) mass is 243 g/mol. The van der Waals surface area contributed by atoms with Crippen LogP contribution in [0.2, 0.25) is 0 Å². The van der Waals surface area contributed by atoms with Gasteiger partial charge < -0.3 is 14.8 Å². The molecule has 1 saturated carbocycles. The molecule has 4 nitrogen and oxygen atoms in total. The number of alkyl carbamates (subject to hydrolysis) is 1. The fraction of sp³-hybridized carbons (Fsp3) is 0.923. The summed E-state index contributed by atoms with van der Waals surface area (Å²) in [4.78, 5) is 11.7. The first-order chi connectivity index (χ1) is 7.92. The summed E-state index contributed by atoms with van der Waals surface area (Å²) in [5.74, 6) is 0. The molecule has 0 heterocycles. The molecule has 0 bridgehead atoms. The average molecular weight is 243 g/mol. The van der Waals surface area contributed by atoms with Crippen molar-refractivity contribution in [2.24, 2.45) is 0 Å². The Kier molecular flexibility index (Phi) is 5.25. The van der Waals surface area contributed by atoms with Gasteiger partial charge in [-0.25, -0.2) is 4.79 Å². The van der Waals surface area contributed by atoms with Gasteiger partial charge in [-0.1, -0.05) is 12.8 Å². The summed E-state index contributed by atoms with van der Waals surface area (Å²) in [5, 5.41) is 2.92. The molecule has 0 saturated heterocycles. The molecule has 17 heavy (non-hydrogen) atoms. The van der Waals surface area contributed by atoms with E-state index in [0.29, 0.717) is 6.61 Å². The molecule has 1 fully saturated rings. The smallest absolute Gasteiger partial charge is 0.407 e. The first-order valence-electron chi connectivity index (χ1n) is 6.53. The first-order valence-corrected chi connectivity index (χ1v) is 6.53. The summed E-state index contributed by atoms with van der Waals surface area (Å²) in [6.07, 6.45) is 4.12. The topological polar surface area (TPSA) is 47.6 Å². The van der Waals surface area contributed by atoms with Crippen molar-refractivity contribution in [3.05, 3.63) is 0 Å². The molecule has 1 rings (SSSR count). The van der Waals surface area contributed by atoms with Crippen LogP contribution < -0.4 is 5.32 Å². The predicted octanol–water partition coefficient (Wildman–Crippen LogP) is 2.86. The fourth-order valence-corrected chi connectivity index (χ4v) is 2.13. The van der Waals surface area contributed by atoms with Crippen LogP contribution in [0.1, 0.15) is 53.4 Å². The molecule has 4 heteroatoms. The Hall–Kier alpha value is -0.770. The molecule has 1 N–H and O–H groups in total. The average Bonchev–Trinajstić information content (AvgIpc) is 2.18. The van der Waals surface area contributed by atoms with Gasteiger partial charge in [0.2, 0.25) is 0 Å². The summed E-state index contributed by atoms with van der Waals surface area (Å²) in [5.41, 5.74) is -0.445. The van der Waals surface area contributed by atoms with Crippen LogP contribution in [0.3, 0.4) is 0 Å². The summed E-state index contributed by atoms with van der Waals surface area (Å²) in [7, 11) is 0. The van der Waals surface area contributed by atoms with Crippen molar-refractivity contribution < 1.29 is 14.3 Å². The van der Waals surface area contributed by atoms with E-state index in [1.165, 1.54) is 6.42 Å². The highest BCUT2D eigenvalue weighted by atomic mass is 16.6. The molecule has 0 aliphatic heterocycles. The lowest BCUT2D eigenvalue weighted by Gasteiger charge is -2.32. The molecular formula is C13H25NO3. The lowest BCUT2D eigenvalue weighted by atomic mass is 9.92. The Bertz CT molecular complexity index is 246. The summed E-state index contributed by atoms with van der Waals surface area (Å²) >= 11 is 0. The molecule has 1 aliphatic rings. The Balaban J connectivity index is 2.44. The number of hydrogen-bond donors (Lipinski definition) is 1. The molecule has 0 spiro atoms. The fourth-order valence-electron chi connectivity index (χ4n) is 2.13. The van der Waals surface area contributed by atoms with Crippen molar-refractivity contribution in [3.8, 4) is 0 Å². The third-order valence-electron chi connectivity index (χ3n) is 2.79. The number of carbonyl (C=O) groups excluding carboxylic acids is 1. The normalized spacial score (nSPS) is 25.4. The van der Waals surface area contributed by atoms with Crippen LogP contribution in [-0.2, 0) is 9.47 Å². The highest BCUT2D eigenvalue weighted by Crippen LogP contribution is 2.21. The highest BCUT2D eigenvalue weighted by molar-refractivity contribution is 5.68. The van der Waals surface area contributed by atoms with Gasteiger partial charge in [0.1, 0.15) is 5.60 Å².